The van der Waals surface area contributed by atoms with E-state index in [2.05, 4.69) is 52.2 Å². The highest BCUT2D eigenvalue weighted by atomic mass is 16.5. The van der Waals surface area contributed by atoms with Gasteiger partial charge in [0.1, 0.15) is 72.7 Å². The van der Waals surface area contributed by atoms with Crippen molar-refractivity contribution in [2.45, 2.75) is 214 Å². The molecule has 18 aliphatic heterocycles. The van der Waals surface area contributed by atoms with Gasteiger partial charge in [-0.3, -0.25) is 28.8 Å². The normalized spacial score (nSPS) is 38.9. The van der Waals surface area contributed by atoms with Gasteiger partial charge in [0.2, 0.25) is 40.7 Å². The van der Waals surface area contributed by atoms with Gasteiger partial charge in [0, 0.05) is 65.2 Å². The second-order valence-corrected chi connectivity index (χ2v) is 35.7. The number of benzene rings is 3. The number of allylic oxidation sites excluding steroid dienone is 1. The van der Waals surface area contributed by atoms with Crippen molar-refractivity contribution in [3.8, 4) is 17.2 Å². The van der Waals surface area contributed by atoms with Crippen LogP contribution in [-0.4, -0.2) is 162 Å². The third-order valence-electron chi connectivity index (χ3n) is 28.9. The van der Waals surface area contributed by atoms with Gasteiger partial charge in [-0.15, -0.1) is 0 Å². The number of aromatic nitrogens is 1. The summed E-state index contributed by atoms with van der Waals surface area (Å²) in [6.07, 6.45) is 18.7. The highest BCUT2D eigenvalue weighted by molar-refractivity contribution is 6.30. The number of nitrogens with one attached hydrogen (secondary N) is 2. The van der Waals surface area contributed by atoms with Gasteiger partial charge in [-0.05, 0) is 212 Å². The lowest BCUT2D eigenvalue weighted by atomic mass is 9.39. The van der Waals surface area contributed by atoms with E-state index in [1.54, 1.807) is 4.90 Å². The third-order valence-corrected chi connectivity index (χ3v) is 28.9. The van der Waals surface area contributed by atoms with Gasteiger partial charge in [0.05, 0.1) is 50.3 Å². The molecular weight excluding hydrogens is 1250 g/mol. The molecule has 21 aliphatic rings. The van der Waals surface area contributed by atoms with E-state index >= 15 is 24.4 Å². The highest BCUT2D eigenvalue weighted by Gasteiger charge is 2.96. The van der Waals surface area contributed by atoms with Gasteiger partial charge in [-0.1, -0.05) is 13.8 Å². The molecular formula is C78H81N9O12. The molecule has 4 aromatic rings. The number of carbonyl (C=O) groups is 6. The minimum absolute atomic E-state index is 0.0238. The van der Waals surface area contributed by atoms with Crippen molar-refractivity contribution in [1.82, 2.24) is 35.0 Å². The quantitative estimate of drug-likeness (QED) is 0.0849. The first-order valence-corrected chi connectivity index (χ1v) is 35.9. The predicted molar refractivity (Wildman–Crippen MR) is 363 cm³/mol. The predicted octanol–water partition coefficient (Wildman–Crippen LogP) is 8.93. The number of piperazine rings is 3. The van der Waals surface area contributed by atoms with E-state index in [0.717, 1.165) is 32.6 Å². The molecule has 510 valence electrons. The summed E-state index contributed by atoms with van der Waals surface area (Å²) >= 11 is 0. The van der Waals surface area contributed by atoms with E-state index in [0.29, 0.717) is 150 Å². The Hall–Kier alpha value is -8.88. The molecule has 21 nitrogen and oxygen atoms in total. The van der Waals surface area contributed by atoms with Gasteiger partial charge >= 0.3 is 0 Å². The molecule has 3 N–H and O–H groups in total. The van der Waals surface area contributed by atoms with E-state index in [4.69, 9.17) is 14.2 Å². The van der Waals surface area contributed by atoms with Gasteiger partial charge < -0.3 is 60.1 Å². The largest absolute Gasteiger partial charge is 0.618 e. The van der Waals surface area contributed by atoms with E-state index in [1.165, 1.54) is 4.73 Å². The second-order valence-electron chi connectivity index (χ2n) is 35.7. The van der Waals surface area contributed by atoms with Crippen LogP contribution < -0.4 is 24.8 Å². The van der Waals surface area contributed by atoms with Crippen molar-refractivity contribution in [3.63, 3.8) is 0 Å². The first-order valence-electron chi connectivity index (χ1n) is 35.9. The maximum atomic E-state index is 16.8. The van der Waals surface area contributed by atoms with E-state index < -0.39 is 95.5 Å². The van der Waals surface area contributed by atoms with Crippen molar-refractivity contribution in [2.75, 3.05) is 19.6 Å². The molecule has 21 heteroatoms. The van der Waals surface area contributed by atoms with Crippen LogP contribution in [0.4, 0.5) is 11.4 Å². The van der Waals surface area contributed by atoms with Crippen molar-refractivity contribution < 1.29 is 57.7 Å². The number of amides is 6. The van der Waals surface area contributed by atoms with Gasteiger partial charge in [-0.25, -0.2) is 0 Å². The molecule has 3 aromatic carbocycles. The zero-order valence-electron chi connectivity index (χ0n) is 57.9. The number of piperidine rings is 6. The molecule has 3 aliphatic carbocycles. The number of carbonyl (C=O) groups excluding carboxylic acids is 6. The molecule has 25 rings (SSSR count). The van der Waals surface area contributed by atoms with Crippen molar-refractivity contribution in [1.29, 1.82) is 0 Å². The summed E-state index contributed by atoms with van der Waals surface area (Å²) in [5.74, 6) is -1.50. The SMILES string of the molecule is CC1(C)C=Cc2c(ccc3c2[N+]([O-])=C2C(C)(C)[C@@H]4C[C@]56CCCN5C(=O)C4(NC6=O)C4N5C(=O)C67CCCN6C(=O)C56C(C7)C(C)(C)c5c(c7ccc8c(c7n5O)C=CC(C)(C)O8)[C@H]6C234)O1.CC1(C)C=Cc2c(ccc3c2[N+]([O-])=C2C3=CC34NC(=O)C5(CCCN5C3=O)CC4C2(C)C)O1. The minimum atomic E-state index is -1.73. The standard InChI is InChI=1S/C52H54N6O8.C26H27N3O4/c1-44(2)19-15-25-29(65-44)13-11-27-33-36-50-28-12-14-30-26(16-20-45(3,4)66-30)35(28)58(64)38(50)47(7,8)31-23-48-17-9-21-54(48)42(61)51(31,53-40(48)59)39(50)56-41(60)49-18-10-22-55(49)43(62)52(36,56)32(24-49)46(5,6)37(33)57(63)34(25)27;1-23(2)10-8-15-17(33-23)7-6-14-16-12-26-18(24(3,4)20(16)29(32)19(14)15)13-25(21(30)27-26)9-5-11-28(25)22(26)31/h11-16,19-20,31-32,36,39,63H,9-10,17-18,21-24H2,1-8H3,(H,53,59);6-8,10,12,18H,5,9,11,13H2,1-4H3,(H,27,30)/t31-,32?,36-,39?,48-,49?,50?,51?,52?;/m0./s1. The number of hydrogen-bond acceptors (Lipinski definition) is 12. The highest BCUT2D eigenvalue weighted by Crippen LogP contribution is 2.81. The van der Waals surface area contributed by atoms with Crippen LogP contribution in [0.5, 0.6) is 17.2 Å². The lowest BCUT2D eigenvalue weighted by Crippen LogP contribution is -2.93. The average molecular weight is 1340 g/mol. The van der Waals surface area contributed by atoms with Crippen LogP contribution in [0.2, 0.25) is 0 Å². The fraction of sp³-hybridized carbons (Fsp3) is 0.538. The second kappa shape index (κ2) is 16.6. The Labute approximate surface area is 572 Å². The van der Waals surface area contributed by atoms with Crippen LogP contribution in [0.15, 0.2) is 60.7 Å². The maximum Gasteiger partial charge on any atom is 0.253 e. The van der Waals surface area contributed by atoms with E-state index in [1.807, 2.05) is 135 Å². The van der Waals surface area contributed by atoms with Crippen LogP contribution in [0.25, 0.3) is 34.7 Å². The Morgan fingerprint density at radius 1 is 0.556 bits per heavy atom. The van der Waals surface area contributed by atoms with Crippen LogP contribution in [-0.2, 0) is 39.6 Å². The smallest absolute Gasteiger partial charge is 0.253 e. The first-order chi connectivity index (χ1) is 46.6. The van der Waals surface area contributed by atoms with Crippen molar-refractivity contribution >= 4 is 92.9 Å². The number of fused-ring (bicyclic) bond motifs is 16. The summed E-state index contributed by atoms with van der Waals surface area (Å²) in [4.78, 5) is 99.4. The third kappa shape index (κ3) is 5.85. The van der Waals surface area contributed by atoms with E-state index in [-0.39, 0.29) is 41.4 Å². The average Bonchev–Trinajstić information content (AvgIpc) is 1.42. The zero-order chi connectivity index (χ0) is 68.9. The maximum absolute atomic E-state index is 16.8. The van der Waals surface area contributed by atoms with Crippen LogP contribution in [0.1, 0.15) is 186 Å². The van der Waals surface area contributed by atoms with E-state index in [9.17, 15) is 20.0 Å². The lowest BCUT2D eigenvalue weighted by molar-refractivity contribution is -0.367. The van der Waals surface area contributed by atoms with Gasteiger partial charge in [0.25, 0.3) is 11.8 Å². The minimum Gasteiger partial charge on any atom is -0.618 e. The molecule has 6 amide bonds. The Balaban J connectivity index is 0.000000163. The van der Waals surface area contributed by atoms with Crippen molar-refractivity contribution in [2.24, 2.45) is 28.6 Å². The Morgan fingerprint density at radius 3 is 1.74 bits per heavy atom. The molecule has 14 fully saturated rings. The summed E-state index contributed by atoms with van der Waals surface area (Å²) in [5, 5.41) is 50.8. The Bertz CT molecular complexity index is 5000. The van der Waals surface area contributed by atoms with Crippen LogP contribution >= 0.6 is 0 Å². The number of nitrogens with zero attached hydrogens (tertiary/aromatic N) is 7. The summed E-state index contributed by atoms with van der Waals surface area (Å²) in [6, 6.07) is 10.4. The zero-order valence-corrected chi connectivity index (χ0v) is 57.9. The molecule has 9 unspecified atom stereocenters. The summed E-state index contributed by atoms with van der Waals surface area (Å²) in [6.45, 7) is 25.7. The number of ether oxygens (including phenoxy) is 3. The Morgan fingerprint density at radius 2 is 1.09 bits per heavy atom. The van der Waals surface area contributed by atoms with Gasteiger partial charge in [-0.2, -0.15) is 14.2 Å². The molecule has 6 bridgehead atoms. The molecule has 13 saturated heterocycles. The molecule has 19 heterocycles. The molecule has 1 saturated carbocycles. The molecule has 0 radical (unpaired) electrons. The fourth-order valence-corrected chi connectivity index (χ4v) is 25.4. The van der Waals surface area contributed by atoms with Crippen molar-refractivity contribution in [3.05, 3.63) is 110 Å². The monoisotopic (exact) mass is 1340 g/mol. The summed E-state index contributed by atoms with van der Waals surface area (Å²) in [7, 11) is 0. The molecule has 12 atom stereocenters. The number of hydrogen-bond donors (Lipinski definition) is 3. The fourth-order valence-electron chi connectivity index (χ4n) is 25.4. The van der Waals surface area contributed by atoms with Crippen LogP contribution in [0, 0.1) is 39.0 Å². The lowest BCUT2D eigenvalue weighted by Gasteiger charge is -2.70. The Kier molecular flexibility index (Phi) is 9.90. The van der Waals surface area contributed by atoms with Gasteiger partial charge in [0.15, 0.2) is 5.71 Å². The summed E-state index contributed by atoms with van der Waals surface area (Å²) in [5.41, 5.74) is -5.46. The topological polar surface area (TPSA) is 244 Å². The summed E-state index contributed by atoms with van der Waals surface area (Å²) < 4.78 is 22.7. The first kappa shape index (κ1) is 59.0. The number of rotatable bonds is 0. The van der Waals surface area contributed by atoms with Crippen LogP contribution in [0.3, 0.4) is 0 Å². The molecule has 7 spiro atoms. The molecule has 1 aromatic heterocycles. The molecule has 99 heavy (non-hydrogen) atoms.